The smallest absolute Gasteiger partial charge is 0.330 e. The van der Waals surface area contributed by atoms with Gasteiger partial charge in [-0.3, -0.25) is 0 Å². The summed E-state index contributed by atoms with van der Waals surface area (Å²) in [6.07, 6.45) is 12.9. The molecule has 2 bridgehead atoms. The summed E-state index contributed by atoms with van der Waals surface area (Å²) in [5.74, 6) is 0.678. The largest absolute Gasteiger partial charge is 0.478 e. The molecular formula is C30H46O4. The van der Waals surface area contributed by atoms with Crippen molar-refractivity contribution in [3.05, 3.63) is 23.8 Å². The molecule has 34 heavy (non-hydrogen) atoms. The molecule has 4 nitrogen and oxygen atoms in total. The molecule has 0 aromatic carbocycles. The third kappa shape index (κ3) is 3.00. The molecule has 8 atom stereocenters. The van der Waals surface area contributed by atoms with Gasteiger partial charge in [0, 0.05) is 22.8 Å². The van der Waals surface area contributed by atoms with Crippen molar-refractivity contribution >= 4 is 5.97 Å². The summed E-state index contributed by atoms with van der Waals surface area (Å²) in [6, 6.07) is 0. The van der Waals surface area contributed by atoms with E-state index in [2.05, 4.69) is 34.3 Å². The number of carbonyl (C=O) groups is 1. The molecular weight excluding hydrogens is 424 g/mol. The van der Waals surface area contributed by atoms with Crippen LogP contribution in [0.1, 0.15) is 98.8 Å². The molecule has 2 aliphatic heterocycles. The summed E-state index contributed by atoms with van der Waals surface area (Å²) >= 11 is 0. The summed E-state index contributed by atoms with van der Waals surface area (Å²) < 4.78 is 6.31. The van der Waals surface area contributed by atoms with E-state index in [-0.39, 0.29) is 10.8 Å². The summed E-state index contributed by atoms with van der Waals surface area (Å²) in [7, 11) is 0. The van der Waals surface area contributed by atoms with Crippen molar-refractivity contribution in [2.24, 2.45) is 45.3 Å². The molecule has 0 aromatic rings. The van der Waals surface area contributed by atoms with Gasteiger partial charge in [0.1, 0.15) is 0 Å². The highest BCUT2D eigenvalue weighted by atomic mass is 16.6. The molecule has 4 heteroatoms. The lowest BCUT2D eigenvalue weighted by Gasteiger charge is -2.74. The summed E-state index contributed by atoms with van der Waals surface area (Å²) in [5.41, 5.74) is 2.41. The van der Waals surface area contributed by atoms with Crippen LogP contribution in [0.15, 0.2) is 23.8 Å². The molecule has 6 fully saturated rings. The fraction of sp³-hybridized carbons (Fsp3) is 0.833. The second-order valence-corrected chi connectivity index (χ2v) is 13.7. The Bertz CT molecular complexity index is 907. The van der Waals surface area contributed by atoms with Crippen LogP contribution < -0.4 is 0 Å². The van der Waals surface area contributed by atoms with Crippen molar-refractivity contribution in [2.45, 2.75) is 105 Å². The minimum Gasteiger partial charge on any atom is -0.478 e. The molecule has 0 radical (unpaired) electrons. The van der Waals surface area contributed by atoms with Crippen LogP contribution >= 0.6 is 0 Å². The van der Waals surface area contributed by atoms with E-state index in [1.165, 1.54) is 44.1 Å². The van der Waals surface area contributed by atoms with Gasteiger partial charge in [-0.05, 0) is 99.2 Å². The number of hydrogen-bond acceptors (Lipinski definition) is 3. The molecule has 1 spiro atoms. The molecule has 0 unspecified atom stereocenters. The number of rotatable bonds is 5. The van der Waals surface area contributed by atoms with E-state index >= 15 is 0 Å². The zero-order chi connectivity index (χ0) is 24.7. The average Bonchev–Trinajstić information content (AvgIpc) is 3.13. The maximum Gasteiger partial charge on any atom is 0.330 e. The van der Waals surface area contributed by atoms with Gasteiger partial charge in [-0.25, -0.2) is 4.79 Å². The fourth-order valence-electron chi connectivity index (χ4n) is 10.4. The lowest BCUT2D eigenvalue weighted by Crippen LogP contribution is -2.73. The van der Waals surface area contributed by atoms with Gasteiger partial charge in [-0.1, -0.05) is 45.9 Å². The van der Waals surface area contributed by atoms with Gasteiger partial charge in [0.2, 0.25) is 0 Å². The summed E-state index contributed by atoms with van der Waals surface area (Å²) in [5, 5.41) is 20.5. The Kier molecular flexibility index (Phi) is 5.55. The maximum atomic E-state index is 11.3. The number of carboxylic acid groups (broad SMARTS) is 1. The minimum atomic E-state index is -0.947. The van der Waals surface area contributed by atoms with E-state index in [0.29, 0.717) is 40.1 Å². The average molecular weight is 471 g/mol. The van der Waals surface area contributed by atoms with E-state index < -0.39 is 11.8 Å². The molecule has 4 saturated carbocycles. The monoisotopic (exact) mass is 470 g/mol. The van der Waals surface area contributed by atoms with Gasteiger partial charge in [0.25, 0.3) is 0 Å². The molecule has 4 aliphatic carbocycles. The van der Waals surface area contributed by atoms with Crippen LogP contribution in [0, 0.1) is 45.3 Å². The van der Waals surface area contributed by atoms with E-state index in [1.54, 1.807) is 6.92 Å². The second-order valence-electron chi connectivity index (χ2n) is 13.7. The predicted molar refractivity (Wildman–Crippen MR) is 134 cm³/mol. The Morgan fingerprint density at radius 2 is 1.71 bits per heavy atom. The first-order valence-corrected chi connectivity index (χ1v) is 13.8. The minimum absolute atomic E-state index is 0.184. The molecule has 6 rings (SSSR count). The number of aliphatic hydroxyl groups is 1. The van der Waals surface area contributed by atoms with Crippen molar-refractivity contribution in [1.82, 2.24) is 0 Å². The number of carboxylic acids is 1. The van der Waals surface area contributed by atoms with E-state index in [1.807, 2.05) is 6.08 Å². The highest BCUT2D eigenvalue weighted by Gasteiger charge is 2.74. The molecule has 2 heterocycles. The molecule has 0 aromatic heterocycles. The Hall–Kier alpha value is -1.13. The number of hydrogen-bond donors (Lipinski definition) is 2. The molecule has 2 N–H and O–H groups in total. The first-order chi connectivity index (χ1) is 15.8. The third-order valence-electron chi connectivity index (χ3n) is 12.6. The predicted octanol–water partition coefficient (Wildman–Crippen LogP) is 6.74. The Balaban J connectivity index is 1.38. The van der Waals surface area contributed by atoms with E-state index in [4.69, 9.17) is 9.84 Å². The Morgan fingerprint density at radius 3 is 2.35 bits per heavy atom. The second kappa shape index (κ2) is 7.68. The van der Waals surface area contributed by atoms with Crippen molar-refractivity contribution in [1.29, 1.82) is 0 Å². The lowest BCUT2D eigenvalue weighted by molar-refractivity contribution is -0.398. The van der Waals surface area contributed by atoms with Gasteiger partial charge < -0.3 is 14.9 Å². The Morgan fingerprint density at radius 1 is 1.00 bits per heavy atom. The zero-order valence-corrected chi connectivity index (χ0v) is 22.1. The number of aliphatic carboxylic acids is 1. The number of ether oxygens (including phenoxy) is 1. The highest BCUT2D eigenvalue weighted by molar-refractivity contribution is 5.85. The molecule has 6 aliphatic rings. The molecule has 2 saturated heterocycles. The van der Waals surface area contributed by atoms with Crippen LogP contribution in [-0.2, 0) is 9.53 Å². The van der Waals surface area contributed by atoms with Crippen LogP contribution in [0.25, 0.3) is 0 Å². The lowest BCUT2D eigenvalue weighted by atomic mass is 9.34. The van der Waals surface area contributed by atoms with Crippen molar-refractivity contribution in [3.63, 3.8) is 0 Å². The van der Waals surface area contributed by atoms with Crippen LogP contribution in [-0.4, -0.2) is 28.6 Å². The van der Waals surface area contributed by atoms with Crippen molar-refractivity contribution in [2.75, 3.05) is 6.61 Å². The highest BCUT2D eigenvalue weighted by Crippen LogP contribution is 2.77. The van der Waals surface area contributed by atoms with Crippen LogP contribution in [0.4, 0.5) is 0 Å². The zero-order valence-electron chi connectivity index (χ0n) is 22.1. The molecule has 0 amide bonds. The van der Waals surface area contributed by atoms with Gasteiger partial charge in [-0.15, -0.1) is 0 Å². The molecule has 190 valence electrons. The number of fused-ring (bicyclic) bond motifs is 5. The van der Waals surface area contributed by atoms with Gasteiger partial charge in [-0.2, -0.15) is 0 Å². The van der Waals surface area contributed by atoms with Gasteiger partial charge >= 0.3 is 5.97 Å². The summed E-state index contributed by atoms with van der Waals surface area (Å²) in [6.45, 7) is 16.7. The standard InChI is InChI=1S/C30H46O4/c1-19(8-7-9-20(2)25(31)32)21-12-14-27(5)22(21)10-11-24-28(27,6)15-13-23-26(3,4)30(33)17-16-29(23,24)18-34-30/h9,21-24,33H,1,7-8,10-18H2,2-6H3,(H,31,32)/b20-9+/t21-,22-,23-,24+,27-,28-,29-,30+/m1/s1. The maximum absolute atomic E-state index is 11.3. The third-order valence-corrected chi connectivity index (χ3v) is 12.6. The quantitative estimate of drug-likeness (QED) is 0.345. The normalized spacial score (nSPS) is 49.2. The fourth-order valence-corrected chi connectivity index (χ4v) is 10.4. The van der Waals surface area contributed by atoms with E-state index in [9.17, 15) is 9.90 Å². The van der Waals surface area contributed by atoms with Gasteiger partial charge in [0.05, 0.1) is 6.61 Å². The van der Waals surface area contributed by atoms with Crippen LogP contribution in [0.3, 0.4) is 0 Å². The summed E-state index contributed by atoms with van der Waals surface area (Å²) in [4.78, 5) is 11.1. The first kappa shape index (κ1) is 24.6. The van der Waals surface area contributed by atoms with Crippen LogP contribution in [0.5, 0.6) is 0 Å². The SMILES string of the molecule is C=C(CC/C=C(\C)C(=O)O)[C@H]1CC[C@]2(C)[C@@H]1CC[C@@H]1[C@]34CC[C@](O)(OC3)C(C)(C)[C@H]4CC[C@]12C. The van der Waals surface area contributed by atoms with E-state index in [0.717, 1.165) is 32.3 Å². The number of allylic oxidation sites excluding steroid dienone is 2. The Labute approximate surface area is 206 Å². The van der Waals surface area contributed by atoms with Crippen molar-refractivity contribution in [3.8, 4) is 0 Å². The topological polar surface area (TPSA) is 66.8 Å². The van der Waals surface area contributed by atoms with Crippen molar-refractivity contribution < 1.29 is 19.7 Å². The van der Waals surface area contributed by atoms with Gasteiger partial charge in [0.15, 0.2) is 5.79 Å². The van der Waals surface area contributed by atoms with Crippen LogP contribution in [0.2, 0.25) is 0 Å². The first-order valence-electron chi connectivity index (χ1n) is 13.8.